The second kappa shape index (κ2) is 10.0. The number of ether oxygens (including phenoxy) is 1. The summed E-state index contributed by atoms with van der Waals surface area (Å²) in [4.78, 5) is 16.5. The number of morpholine rings is 1. The van der Waals surface area contributed by atoms with Gasteiger partial charge in [0, 0.05) is 39.3 Å². The van der Waals surface area contributed by atoms with E-state index in [4.69, 9.17) is 4.74 Å². The quantitative estimate of drug-likeness (QED) is 0.626. The number of hydrogen-bond donors (Lipinski definition) is 0. The highest BCUT2D eigenvalue weighted by Gasteiger charge is 2.24. The maximum atomic E-state index is 12.7. The second-order valence-electron chi connectivity index (χ2n) is 6.44. The molecule has 0 aromatic heterocycles. The van der Waals surface area contributed by atoms with E-state index in [1.165, 1.54) is 4.31 Å². The SMILES string of the molecule is CCN(Cc1ccccc1)C(=O)CN(CCN1CCOCC1)S(C)(=O)=O. The lowest BCUT2D eigenvalue weighted by Crippen LogP contribution is -2.46. The Balaban J connectivity index is 1.95. The summed E-state index contributed by atoms with van der Waals surface area (Å²) < 4.78 is 30.8. The molecule has 1 aliphatic heterocycles. The summed E-state index contributed by atoms with van der Waals surface area (Å²) in [6.45, 7) is 6.63. The summed E-state index contributed by atoms with van der Waals surface area (Å²) >= 11 is 0. The highest BCUT2D eigenvalue weighted by Crippen LogP contribution is 2.07. The smallest absolute Gasteiger partial charge is 0.238 e. The third-order valence-corrected chi connectivity index (χ3v) is 5.75. The Hall–Kier alpha value is -1.48. The second-order valence-corrected chi connectivity index (χ2v) is 8.43. The molecule has 1 saturated heterocycles. The summed E-state index contributed by atoms with van der Waals surface area (Å²) in [5.41, 5.74) is 1.03. The maximum Gasteiger partial charge on any atom is 0.238 e. The van der Waals surface area contributed by atoms with E-state index in [0.717, 1.165) is 24.9 Å². The molecule has 1 aromatic rings. The monoisotopic (exact) mass is 383 g/mol. The van der Waals surface area contributed by atoms with Crippen LogP contribution in [0.25, 0.3) is 0 Å². The fourth-order valence-corrected chi connectivity index (χ4v) is 3.63. The topological polar surface area (TPSA) is 70.2 Å². The summed E-state index contributed by atoms with van der Waals surface area (Å²) in [5.74, 6) is -0.177. The molecule has 146 valence electrons. The summed E-state index contributed by atoms with van der Waals surface area (Å²) in [6.07, 6.45) is 1.16. The first-order valence-electron chi connectivity index (χ1n) is 8.97. The lowest BCUT2D eigenvalue weighted by atomic mass is 10.2. The zero-order valence-electron chi connectivity index (χ0n) is 15.6. The van der Waals surface area contributed by atoms with Gasteiger partial charge in [-0.05, 0) is 12.5 Å². The van der Waals surface area contributed by atoms with Gasteiger partial charge in [-0.15, -0.1) is 0 Å². The van der Waals surface area contributed by atoms with Crippen molar-refractivity contribution in [3.8, 4) is 0 Å². The third kappa shape index (κ3) is 6.68. The van der Waals surface area contributed by atoms with Crippen molar-refractivity contribution in [3.63, 3.8) is 0 Å². The third-order valence-electron chi connectivity index (χ3n) is 4.50. The number of sulfonamides is 1. The van der Waals surface area contributed by atoms with Gasteiger partial charge in [0.15, 0.2) is 0 Å². The van der Waals surface area contributed by atoms with Crippen LogP contribution in [0.3, 0.4) is 0 Å². The average Bonchev–Trinajstić information content (AvgIpc) is 2.63. The lowest BCUT2D eigenvalue weighted by molar-refractivity contribution is -0.131. The molecule has 1 fully saturated rings. The molecular weight excluding hydrogens is 354 g/mol. The van der Waals surface area contributed by atoms with E-state index in [0.29, 0.717) is 39.4 Å². The van der Waals surface area contributed by atoms with Crippen molar-refractivity contribution < 1.29 is 17.9 Å². The van der Waals surface area contributed by atoms with Gasteiger partial charge in [-0.25, -0.2) is 8.42 Å². The standard InChI is InChI=1S/C18H29N3O4S/c1-3-20(15-17-7-5-4-6-8-17)18(22)16-21(26(2,23)24)10-9-19-11-13-25-14-12-19/h4-8H,3,9-16H2,1-2H3. The summed E-state index contributed by atoms with van der Waals surface area (Å²) in [6, 6.07) is 9.71. The molecule has 0 radical (unpaired) electrons. The minimum atomic E-state index is -3.45. The molecule has 0 unspecified atom stereocenters. The Morgan fingerprint density at radius 1 is 1.19 bits per heavy atom. The molecule has 1 amide bonds. The van der Waals surface area contributed by atoms with E-state index < -0.39 is 10.0 Å². The highest BCUT2D eigenvalue weighted by atomic mass is 32.2. The van der Waals surface area contributed by atoms with Gasteiger partial charge < -0.3 is 9.64 Å². The minimum absolute atomic E-state index is 0.121. The van der Waals surface area contributed by atoms with E-state index in [-0.39, 0.29) is 12.5 Å². The fraction of sp³-hybridized carbons (Fsp3) is 0.611. The Labute approximate surface area is 156 Å². The molecule has 1 aromatic carbocycles. The van der Waals surface area contributed by atoms with Crippen LogP contribution in [0.2, 0.25) is 0 Å². The molecule has 0 atom stereocenters. The van der Waals surface area contributed by atoms with E-state index in [1.807, 2.05) is 37.3 Å². The summed E-state index contributed by atoms with van der Waals surface area (Å²) in [7, 11) is -3.45. The molecule has 26 heavy (non-hydrogen) atoms. The van der Waals surface area contributed by atoms with Gasteiger partial charge in [-0.3, -0.25) is 9.69 Å². The van der Waals surface area contributed by atoms with Crippen molar-refractivity contribution in [2.75, 3.05) is 58.7 Å². The van der Waals surface area contributed by atoms with Crippen molar-refractivity contribution in [3.05, 3.63) is 35.9 Å². The van der Waals surface area contributed by atoms with Crippen LogP contribution >= 0.6 is 0 Å². The van der Waals surface area contributed by atoms with Crippen LogP contribution in [0.4, 0.5) is 0 Å². The molecule has 0 bridgehead atoms. The molecule has 7 nitrogen and oxygen atoms in total. The van der Waals surface area contributed by atoms with Gasteiger partial charge >= 0.3 is 0 Å². The van der Waals surface area contributed by atoms with Crippen LogP contribution in [0, 0.1) is 0 Å². The van der Waals surface area contributed by atoms with Crippen molar-refractivity contribution in [2.45, 2.75) is 13.5 Å². The number of carbonyl (C=O) groups is 1. The first-order valence-corrected chi connectivity index (χ1v) is 10.8. The lowest BCUT2D eigenvalue weighted by Gasteiger charge is -2.30. The van der Waals surface area contributed by atoms with Crippen LogP contribution < -0.4 is 0 Å². The van der Waals surface area contributed by atoms with Gasteiger partial charge in [-0.1, -0.05) is 30.3 Å². The van der Waals surface area contributed by atoms with Crippen LogP contribution in [0.5, 0.6) is 0 Å². The fourth-order valence-electron chi connectivity index (χ4n) is 2.87. The average molecular weight is 384 g/mol. The largest absolute Gasteiger partial charge is 0.379 e. The molecule has 0 aliphatic carbocycles. The number of hydrogen-bond acceptors (Lipinski definition) is 5. The van der Waals surface area contributed by atoms with Crippen molar-refractivity contribution in [1.82, 2.24) is 14.1 Å². The number of rotatable bonds is 9. The molecular formula is C18H29N3O4S. The highest BCUT2D eigenvalue weighted by molar-refractivity contribution is 7.88. The van der Waals surface area contributed by atoms with E-state index >= 15 is 0 Å². The van der Waals surface area contributed by atoms with Crippen molar-refractivity contribution >= 4 is 15.9 Å². The van der Waals surface area contributed by atoms with E-state index in [1.54, 1.807) is 4.90 Å². The van der Waals surface area contributed by atoms with Crippen molar-refractivity contribution in [1.29, 1.82) is 0 Å². The number of amides is 1. The zero-order chi connectivity index (χ0) is 19.0. The zero-order valence-corrected chi connectivity index (χ0v) is 16.5. The van der Waals surface area contributed by atoms with Crippen molar-refractivity contribution in [2.24, 2.45) is 0 Å². The first kappa shape index (κ1) is 20.8. The van der Waals surface area contributed by atoms with E-state index in [2.05, 4.69) is 4.90 Å². The van der Waals surface area contributed by atoms with Gasteiger partial charge in [0.2, 0.25) is 15.9 Å². The molecule has 8 heteroatoms. The molecule has 0 spiro atoms. The Bertz CT molecular complexity index is 660. The molecule has 1 heterocycles. The van der Waals surface area contributed by atoms with Crippen LogP contribution in [0.15, 0.2) is 30.3 Å². The Morgan fingerprint density at radius 3 is 2.42 bits per heavy atom. The van der Waals surface area contributed by atoms with Crippen LogP contribution in [-0.2, 0) is 26.1 Å². The molecule has 0 N–H and O–H groups in total. The van der Waals surface area contributed by atoms with E-state index in [9.17, 15) is 13.2 Å². The van der Waals surface area contributed by atoms with Gasteiger partial charge in [0.25, 0.3) is 0 Å². The Kier molecular flexibility index (Phi) is 8.02. The number of benzene rings is 1. The predicted molar refractivity (Wildman–Crippen MR) is 101 cm³/mol. The molecule has 1 aliphatic rings. The number of nitrogens with zero attached hydrogens (tertiary/aromatic N) is 3. The summed E-state index contributed by atoms with van der Waals surface area (Å²) in [5, 5.41) is 0. The van der Waals surface area contributed by atoms with Crippen LogP contribution in [-0.4, -0.2) is 87.2 Å². The van der Waals surface area contributed by atoms with Gasteiger partial charge in [-0.2, -0.15) is 4.31 Å². The maximum absolute atomic E-state index is 12.7. The normalized spacial score (nSPS) is 16.0. The number of carbonyl (C=O) groups excluding carboxylic acids is 1. The molecule has 0 saturated carbocycles. The van der Waals surface area contributed by atoms with Crippen LogP contribution in [0.1, 0.15) is 12.5 Å². The van der Waals surface area contributed by atoms with Gasteiger partial charge in [0.1, 0.15) is 0 Å². The predicted octanol–water partition coefficient (Wildman–Crippen LogP) is 0.629. The Morgan fingerprint density at radius 2 is 1.85 bits per heavy atom. The first-order chi connectivity index (χ1) is 12.4. The number of likely N-dealkylation sites (N-methyl/N-ethyl adjacent to an activating group) is 1. The van der Waals surface area contributed by atoms with Gasteiger partial charge in [0.05, 0.1) is 26.0 Å². The molecule has 2 rings (SSSR count). The minimum Gasteiger partial charge on any atom is -0.379 e.